The average molecular weight is 271 g/mol. The van der Waals surface area contributed by atoms with E-state index in [2.05, 4.69) is 20.3 Å². The second-order valence-corrected chi connectivity index (χ2v) is 4.51. The number of fused-ring (bicyclic) bond motifs is 1. The summed E-state index contributed by atoms with van der Waals surface area (Å²) < 4.78 is 0. The summed E-state index contributed by atoms with van der Waals surface area (Å²) in [6.45, 7) is 0.679. The Balaban J connectivity index is 1.84. The molecule has 3 rings (SSSR count). The van der Waals surface area contributed by atoms with Crippen molar-refractivity contribution in [1.29, 1.82) is 0 Å². The number of nitrogens with zero attached hydrogens (tertiary/aromatic N) is 3. The number of nitrogens with one attached hydrogen (secondary N) is 1. The van der Waals surface area contributed by atoms with Crippen molar-refractivity contribution < 1.29 is 0 Å². The Morgan fingerprint density at radius 2 is 1.84 bits per heavy atom. The molecule has 0 saturated carbocycles. The predicted molar refractivity (Wildman–Crippen MR) is 76.1 cm³/mol. The number of hydrogen-bond acceptors (Lipinski definition) is 4. The standard InChI is InChI=1S/C14H11ClN4/c15-11-5-3-10(4-6-11)8-17-14-12-2-1-7-16-13(12)18-9-19-14/h1-7,9H,8H2,(H,16,17,18,19). The molecule has 5 heteroatoms. The molecule has 0 aliphatic rings. The number of halogens is 1. The van der Waals surface area contributed by atoms with Gasteiger partial charge in [0.1, 0.15) is 12.1 Å². The van der Waals surface area contributed by atoms with Gasteiger partial charge in [0.25, 0.3) is 0 Å². The van der Waals surface area contributed by atoms with E-state index < -0.39 is 0 Å². The highest BCUT2D eigenvalue weighted by molar-refractivity contribution is 6.30. The van der Waals surface area contributed by atoms with Crippen molar-refractivity contribution in [3.05, 3.63) is 59.5 Å². The van der Waals surface area contributed by atoms with Crippen LogP contribution in [0.15, 0.2) is 48.9 Å². The van der Waals surface area contributed by atoms with Crippen molar-refractivity contribution in [2.24, 2.45) is 0 Å². The van der Waals surface area contributed by atoms with E-state index in [-0.39, 0.29) is 0 Å². The van der Waals surface area contributed by atoms with Crippen molar-refractivity contribution in [3.8, 4) is 0 Å². The SMILES string of the molecule is Clc1ccc(CNc2ncnc3ncccc23)cc1. The van der Waals surface area contributed by atoms with Crippen LogP contribution < -0.4 is 5.32 Å². The molecule has 2 heterocycles. The third kappa shape index (κ3) is 2.63. The molecule has 0 unspecified atom stereocenters. The summed E-state index contributed by atoms with van der Waals surface area (Å²) in [7, 11) is 0. The van der Waals surface area contributed by atoms with Crippen LogP contribution in [0.2, 0.25) is 5.02 Å². The van der Waals surface area contributed by atoms with Crippen molar-refractivity contribution in [2.75, 3.05) is 5.32 Å². The first-order valence-electron chi connectivity index (χ1n) is 5.87. The Kier molecular flexibility index (Phi) is 3.25. The molecule has 0 amide bonds. The summed E-state index contributed by atoms with van der Waals surface area (Å²) >= 11 is 5.86. The van der Waals surface area contributed by atoms with Gasteiger partial charge in [0.2, 0.25) is 0 Å². The molecule has 0 bridgehead atoms. The minimum atomic E-state index is 0.679. The summed E-state index contributed by atoms with van der Waals surface area (Å²) in [5, 5.41) is 4.94. The molecule has 1 N–H and O–H groups in total. The molecule has 4 nitrogen and oxygen atoms in total. The quantitative estimate of drug-likeness (QED) is 0.793. The van der Waals surface area contributed by atoms with E-state index in [4.69, 9.17) is 11.6 Å². The first kappa shape index (κ1) is 11.9. The molecular formula is C14H11ClN4. The molecule has 0 aliphatic carbocycles. The van der Waals surface area contributed by atoms with Gasteiger partial charge in [0, 0.05) is 17.8 Å². The van der Waals surface area contributed by atoms with Crippen LogP contribution >= 0.6 is 11.6 Å². The van der Waals surface area contributed by atoms with E-state index >= 15 is 0 Å². The first-order valence-corrected chi connectivity index (χ1v) is 6.25. The number of anilines is 1. The number of pyridine rings is 1. The van der Waals surface area contributed by atoms with Gasteiger partial charge in [-0.2, -0.15) is 0 Å². The van der Waals surface area contributed by atoms with Gasteiger partial charge < -0.3 is 5.32 Å². The van der Waals surface area contributed by atoms with Gasteiger partial charge >= 0.3 is 0 Å². The summed E-state index contributed by atoms with van der Waals surface area (Å²) in [5.41, 5.74) is 1.83. The monoisotopic (exact) mass is 270 g/mol. The van der Waals surface area contributed by atoms with Gasteiger partial charge in [0.15, 0.2) is 5.65 Å². The smallest absolute Gasteiger partial charge is 0.164 e. The Labute approximate surface area is 115 Å². The maximum absolute atomic E-state index is 5.86. The van der Waals surface area contributed by atoms with Crippen LogP contribution in [-0.2, 0) is 6.54 Å². The topological polar surface area (TPSA) is 50.7 Å². The molecular weight excluding hydrogens is 260 g/mol. The number of hydrogen-bond donors (Lipinski definition) is 1. The lowest BCUT2D eigenvalue weighted by Crippen LogP contribution is -2.02. The second-order valence-electron chi connectivity index (χ2n) is 4.08. The van der Waals surface area contributed by atoms with E-state index in [1.807, 2.05) is 36.4 Å². The molecule has 19 heavy (non-hydrogen) atoms. The third-order valence-corrected chi connectivity index (χ3v) is 3.03. The van der Waals surface area contributed by atoms with Crippen molar-refractivity contribution in [3.63, 3.8) is 0 Å². The minimum Gasteiger partial charge on any atom is -0.365 e. The summed E-state index contributed by atoms with van der Waals surface area (Å²) in [6.07, 6.45) is 3.23. The Hall–Kier alpha value is -2.20. The fourth-order valence-corrected chi connectivity index (χ4v) is 1.95. The first-order chi connectivity index (χ1) is 9.33. The average Bonchev–Trinajstić information content (AvgIpc) is 2.47. The van der Waals surface area contributed by atoms with E-state index in [9.17, 15) is 0 Å². The largest absolute Gasteiger partial charge is 0.365 e. The number of aromatic nitrogens is 3. The summed E-state index contributed by atoms with van der Waals surface area (Å²) in [4.78, 5) is 12.6. The molecule has 3 aromatic rings. The summed E-state index contributed by atoms with van der Waals surface area (Å²) in [6, 6.07) is 11.5. The van der Waals surface area contributed by atoms with Crippen LogP contribution in [0.5, 0.6) is 0 Å². The van der Waals surface area contributed by atoms with Crippen LogP contribution in [0.4, 0.5) is 5.82 Å². The lowest BCUT2D eigenvalue weighted by Gasteiger charge is -2.07. The number of benzene rings is 1. The van der Waals surface area contributed by atoms with Crippen molar-refractivity contribution in [1.82, 2.24) is 15.0 Å². The van der Waals surface area contributed by atoms with Crippen LogP contribution in [0.25, 0.3) is 11.0 Å². The Bertz CT molecular complexity index is 692. The van der Waals surface area contributed by atoms with Gasteiger partial charge in [-0.1, -0.05) is 23.7 Å². The van der Waals surface area contributed by atoms with Crippen LogP contribution in [0.1, 0.15) is 5.56 Å². The van der Waals surface area contributed by atoms with Gasteiger partial charge in [-0.15, -0.1) is 0 Å². The highest BCUT2D eigenvalue weighted by atomic mass is 35.5. The van der Waals surface area contributed by atoms with E-state index in [1.54, 1.807) is 6.20 Å². The van der Waals surface area contributed by atoms with Crippen LogP contribution in [-0.4, -0.2) is 15.0 Å². The maximum atomic E-state index is 5.86. The lowest BCUT2D eigenvalue weighted by atomic mass is 10.2. The molecule has 0 spiro atoms. The predicted octanol–water partition coefficient (Wildman–Crippen LogP) is 3.29. The molecule has 0 saturated heterocycles. The maximum Gasteiger partial charge on any atom is 0.164 e. The molecule has 0 fully saturated rings. The van der Waals surface area contributed by atoms with E-state index in [0.29, 0.717) is 12.2 Å². The third-order valence-electron chi connectivity index (χ3n) is 2.78. The fourth-order valence-electron chi connectivity index (χ4n) is 1.82. The molecule has 1 aromatic carbocycles. The minimum absolute atomic E-state index is 0.679. The van der Waals surface area contributed by atoms with Crippen molar-refractivity contribution in [2.45, 2.75) is 6.54 Å². The molecule has 0 aliphatic heterocycles. The highest BCUT2D eigenvalue weighted by Crippen LogP contribution is 2.17. The van der Waals surface area contributed by atoms with Crippen LogP contribution in [0.3, 0.4) is 0 Å². The summed E-state index contributed by atoms with van der Waals surface area (Å²) in [5.74, 6) is 0.785. The Morgan fingerprint density at radius 3 is 2.68 bits per heavy atom. The molecule has 94 valence electrons. The fraction of sp³-hybridized carbons (Fsp3) is 0.0714. The zero-order valence-electron chi connectivity index (χ0n) is 10.0. The van der Waals surface area contributed by atoms with E-state index in [1.165, 1.54) is 6.33 Å². The van der Waals surface area contributed by atoms with Crippen molar-refractivity contribution >= 4 is 28.5 Å². The molecule has 0 radical (unpaired) electrons. The van der Waals surface area contributed by atoms with Gasteiger partial charge in [-0.05, 0) is 29.8 Å². The van der Waals surface area contributed by atoms with Gasteiger partial charge in [-0.3, -0.25) is 0 Å². The zero-order valence-corrected chi connectivity index (χ0v) is 10.8. The Morgan fingerprint density at radius 1 is 1.00 bits per heavy atom. The van der Waals surface area contributed by atoms with Gasteiger partial charge in [-0.25, -0.2) is 15.0 Å². The normalized spacial score (nSPS) is 10.6. The lowest BCUT2D eigenvalue weighted by molar-refractivity contribution is 1.09. The van der Waals surface area contributed by atoms with Gasteiger partial charge in [0.05, 0.1) is 5.39 Å². The second kappa shape index (κ2) is 5.20. The highest BCUT2D eigenvalue weighted by Gasteiger charge is 2.03. The number of rotatable bonds is 3. The van der Waals surface area contributed by atoms with Crippen LogP contribution in [0, 0.1) is 0 Å². The van der Waals surface area contributed by atoms with E-state index in [0.717, 1.165) is 21.8 Å². The zero-order chi connectivity index (χ0) is 13.1. The molecule has 2 aromatic heterocycles. The molecule has 0 atom stereocenters.